The summed E-state index contributed by atoms with van der Waals surface area (Å²) in [6, 6.07) is 0. The molecule has 0 unspecified atom stereocenters. The number of halogens is 1. The molecule has 0 aromatic heterocycles. The molecule has 0 aliphatic carbocycles. The molecule has 0 saturated heterocycles. The summed E-state index contributed by atoms with van der Waals surface area (Å²) >= 11 is 0. The van der Waals surface area contributed by atoms with Crippen LogP contribution >= 0.6 is 0 Å². The molecule has 0 aliphatic heterocycles. The maximum atomic E-state index is 8.63. The molecular weight excluding hydrogens is 391 g/mol. The molecule has 4 N–H and O–H groups in total. The van der Waals surface area contributed by atoms with E-state index in [0.717, 1.165) is 0 Å². The van der Waals surface area contributed by atoms with Crippen molar-refractivity contribution < 1.29 is 138 Å². The molecule has 0 atom stereocenters. The maximum absolute atomic E-state index is 8.63. The van der Waals surface area contributed by atoms with Crippen molar-refractivity contribution in [1.82, 2.24) is 0 Å². The van der Waals surface area contributed by atoms with Crippen LogP contribution in [0.3, 0.4) is 0 Å². The van der Waals surface area contributed by atoms with Gasteiger partial charge >= 0.3 is 82.9 Å². The molecule has 0 fully saturated rings. The van der Waals surface area contributed by atoms with Gasteiger partial charge < -0.3 is 41.1 Å². The fourth-order valence-corrected chi connectivity index (χ4v) is 0. The summed E-state index contributed by atoms with van der Waals surface area (Å²) < 4.78 is 66.9. The molecule has 11 nitrogen and oxygen atoms in total. The van der Waals surface area contributed by atoms with E-state index in [1.54, 1.807) is 0 Å². The van der Waals surface area contributed by atoms with E-state index >= 15 is 0 Å². The van der Waals surface area contributed by atoms with E-state index in [9.17, 15) is 0 Å². The third-order valence-electron chi connectivity index (χ3n) is 0. The Hall–Kier alpha value is 2.47. The summed E-state index contributed by atoms with van der Waals surface area (Å²) in [6.07, 6.45) is 0. The Bertz CT molecular complexity index is 263. The minimum Gasteiger partial charge on any atom is -1.00 e. The van der Waals surface area contributed by atoms with Gasteiger partial charge in [-0.15, -0.1) is 0 Å². The van der Waals surface area contributed by atoms with Crippen molar-refractivity contribution in [2.24, 2.45) is 0 Å². The number of hydrogen-bond acceptors (Lipinski definition) is 10. The molecule has 0 spiro atoms. The quantitative estimate of drug-likeness (QED) is 0.171. The van der Waals surface area contributed by atoms with E-state index in [-0.39, 0.29) is 88.0 Å². The Labute approximate surface area is 164 Å². The van der Waals surface area contributed by atoms with Crippen LogP contribution in [0.15, 0.2) is 0 Å². The molecular formula is H4BClNa2NiO11S2. The van der Waals surface area contributed by atoms with Crippen LogP contribution in [0.25, 0.3) is 0 Å². The molecule has 18 heteroatoms. The van der Waals surface area contributed by atoms with Crippen LogP contribution in [0.5, 0.6) is 0 Å². The van der Waals surface area contributed by atoms with Gasteiger partial charge in [-0.25, -0.2) is 8.42 Å². The number of rotatable bonds is 0. The van der Waals surface area contributed by atoms with Crippen LogP contribution in [0.1, 0.15) is 0 Å². The second-order valence-corrected chi connectivity index (χ2v) is 2.85. The normalized spacial score (nSPS) is 7.94. The molecule has 0 amide bonds. The Morgan fingerprint density at radius 1 is 0.833 bits per heavy atom. The average Bonchev–Trinajstić information content (AvgIpc) is 1.45. The van der Waals surface area contributed by atoms with Gasteiger partial charge in [-0.2, -0.15) is 0 Å². The third kappa shape index (κ3) is 925. The van der Waals surface area contributed by atoms with Crippen molar-refractivity contribution in [2.45, 2.75) is 0 Å². The molecule has 18 heavy (non-hydrogen) atoms. The second kappa shape index (κ2) is 21.8. The molecule has 0 aromatic rings. The van der Waals surface area contributed by atoms with Crippen molar-refractivity contribution in [3.05, 3.63) is 0 Å². The molecule has 0 saturated carbocycles. The van der Waals surface area contributed by atoms with E-state index in [0.29, 0.717) is 0 Å². The van der Waals surface area contributed by atoms with Crippen LogP contribution in [0.4, 0.5) is 0 Å². The van der Waals surface area contributed by atoms with E-state index in [2.05, 4.69) is 0 Å². The molecule has 0 heterocycles. The average molecular weight is 395 g/mol. The van der Waals surface area contributed by atoms with Crippen LogP contribution in [0.2, 0.25) is 0 Å². The van der Waals surface area contributed by atoms with E-state index < -0.39 is 28.1 Å². The van der Waals surface area contributed by atoms with Gasteiger partial charge in [0.05, 0.1) is 0 Å². The van der Waals surface area contributed by atoms with Gasteiger partial charge in [0, 0.05) is 10.4 Å². The van der Waals surface area contributed by atoms with Crippen molar-refractivity contribution in [3.63, 3.8) is 0 Å². The Kier molecular flexibility index (Phi) is 51.7. The maximum Gasteiger partial charge on any atom is 2.00 e. The zero-order valence-electron chi connectivity index (χ0n) is 8.73. The van der Waals surface area contributed by atoms with E-state index in [1.165, 1.54) is 0 Å². The SMILES string of the molecule is O=S(=O)([O-])O.O=S(=O)([O-])[O-].OB(O)O.[Cl-].[Na+].[Na+].[Ni+2]. The van der Waals surface area contributed by atoms with E-state index in [4.69, 9.17) is 50.1 Å². The first kappa shape index (κ1) is 42.8. The zero-order chi connectivity index (χ0) is 12.6. The molecule has 104 valence electrons. The summed E-state index contributed by atoms with van der Waals surface area (Å²) in [7, 11) is -12.2. The molecule has 0 aliphatic rings. The first-order valence-corrected chi connectivity index (χ1v) is 4.82. The van der Waals surface area contributed by atoms with Crippen molar-refractivity contribution >= 4 is 28.1 Å². The second-order valence-electron chi connectivity index (χ2n) is 1.18. The zero-order valence-corrected chi connectivity index (χ0v) is 16.1. The number of hydrogen-bond donors (Lipinski definition) is 4. The van der Waals surface area contributed by atoms with Gasteiger partial charge in [-0.3, -0.25) is 13.0 Å². The van der Waals surface area contributed by atoms with Crippen LogP contribution < -0.4 is 71.5 Å². The summed E-state index contributed by atoms with van der Waals surface area (Å²) in [5, 5.41) is 21.5. The Balaban J connectivity index is -0.0000000183. The van der Waals surface area contributed by atoms with Crippen LogP contribution in [-0.2, 0) is 37.3 Å². The molecule has 0 aromatic carbocycles. The summed E-state index contributed by atoms with van der Waals surface area (Å²) in [6.45, 7) is 0. The van der Waals surface area contributed by atoms with Gasteiger partial charge in [-0.05, 0) is 0 Å². The predicted molar refractivity (Wildman–Crippen MR) is 35.2 cm³/mol. The fraction of sp³-hybridized carbons (Fsp3) is 0. The van der Waals surface area contributed by atoms with Crippen molar-refractivity contribution in [2.75, 3.05) is 0 Å². The topological polar surface area (TPSA) is 218 Å². The minimum atomic E-state index is -5.17. The third-order valence-corrected chi connectivity index (χ3v) is 0. The van der Waals surface area contributed by atoms with Gasteiger partial charge in [0.1, 0.15) is 0 Å². The summed E-state index contributed by atoms with van der Waals surface area (Å²) in [5.41, 5.74) is 0. The summed E-state index contributed by atoms with van der Waals surface area (Å²) in [5.74, 6) is 0. The van der Waals surface area contributed by atoms with Gasteiger partial charge in [0.15, 0.2) is 0 Å². The fourth-order valence-electron chi connectivity index (χ4n) is 0. The summed E-state index contributed by atoms with van der Waals surface area (Å²) in [4.78, 5) is 0. The minimum absolute atomic E-state index is 0. The van der Waals surface area contributed by atoms with Crippen molar-refractivity contribution in [3.8, 4) is 0 Å². The molecule has 0 rings (SSSR count). The predicted octanol–water partition coefficient (Wildman–Crippen LogP) is -13.4. The molecule has 0 radical (unpaired) electrons. The standard InChI is InChI=1S/BH3O3.ClH.2Na.Ni.2H2O4S/c2-1(3)4;;;;;2*1-5(2,3)4/h2-4H;1H;;;;2*(H2,1,2,3,4)/q;;2*+1;+2;;/p-4. The Morgan fingerprint density at radius 2 is 0.833 bits per heavy atom. The Morgan fingerprint density at radius 3 is 0.833 bits per heavy atom. The smallest absolute Gasteiger partial charge is 1.00 e. The van der Waals surface area contributed by atoms with Gasteiger partial charge in [0.2, 0.25) is 10.4 Å². The largest absolute Gasteiger partial charge is 2.00 e. The first-order valence-electron chi connectivity index (χ1n) is 2.12. The van der Waals surface area contributed by atoms with Crippen molar-refractivity contribution in [1.29, 1.82) is 0 Å². The monoisotopic (exact) mass is 394 g/mol. The van der Waals surface area contributed by atoms with E-state index in [1.807, 2.05) is 0 Å². The van der Waals surface area contributed by atoms with Crippen LogP contribution in [0, 0.1) is 0 Å². The van der Waals surface area contributed by atoms with Crippen LogP contribution in [-0.4, -0.2) is 57.4 Å². The first-order chi connectivity index (χ1) is 5.73. The van der Waals surface area contributed by atoms with Gasteiger partial charge in [0.25, 0.3) is 0 Å². The molecule has 0 bridgehead atoms. The van der Waals surface area contributed by atoms with Gasteiger partial charge in [-0.1, -0.05) is 0 Å².